The van der Waals surface area contributed by atoms with Gasteiger partial charge in [-0.15, -0.1) is 0 Å². The number of rotatable bonds is 7. The molecule has 0 bridgehead atoms. The van der Waals surface area contributed by atoms with Gasteiger partial charge in [0.2, 0.25) is 17.7 Å². The molecule has 3 aliphatic rings. The van der Waals surface area contributed by atoms with E-state index in [2.05, 4.69) is 15.6 Å². The maximum Gasteiger partial charge on any atom is 0.271 e. The fourth-order valence-electron chi connectivity index (χ4n) is 5.79. The van der Waals surface area contributed by atoms with E-state index >= 15 is 0 Å². The first-order valence-corrected chi connectivity index (χ1v) is 12.1. The second kappa shape index (κ2) is 8.90. The van der Waals surface area contributed by atoms with Crippen LogP contribution < -0.4 is 21.1 Å². The van der Waals surface area contributed by atoms with E-state index in [1.807, 2.05) is 18.2 Å². The van der Waals surface area contributed by atoms with Crippen LogP contribution in [0.2, 0.25) is 0 Å². The van der Waals surface area contributed by atoms with Gasteiger partial charge in [-0.1, -0.05) is 12.5 Å². The number of hydrogen-bond donors (Lipinski definition) is 4. The highest BCUT2D eigenvalue weighted by Crippen LogP contribution is 2.50. The Morgan fingerprint density at radius 1 is 1.31 bits per heavy atom. The summed E-state index contributed by atoms with van der Waals surface area (Å²) in [6.45, 7) is 1.04. The minimum atomic E-state index is -0.969. The Kier molecular flexibility index (Phi) is 5.90. The first-order valence-electron chi connectivity index (χ1n) is 12.1. The summed E-state index contributed by atoms with van der Waals surface area (Å²) >= 11 is 0. The van der Waals surface area contributed by atoms with Crippen LogP contribution in [0.5, 0.6) is 5.75 Å². The highest BCUT2D eigenvalue weighted by atomic mass is 16.5. The summed E-state index contributed by atoms with van der Waals surface area (Å²) < 4.78 is 5.41. The van der Waals surface area contributed by atoms with Crippen molar-refractivity contribution in [1.29, 1.82) is 0 Å². The number of aromatic nitrogens is 1. The molecule has 0 radical (unpaired) electrons. The molecule has 1 aliphatic carbocycles. The van der Waals surface area contributed by atoms with Crippen molar-refractivity contribution in [2.45, 2.75) is 50.6 Å². The Labute approximate surface area is 202 Å². The molecule has 3 fully saturated rings. The Morgan fingerprint density at radius 2 is 2.11 bits per heavy atom. The number of nitrogens with zero attached hydrogens (tertiary/aromatic N) is 1. The molecule has 3 atom stereocenters. The molecule has 0 unspecified atom stereocenters. The van der Waals surface area contributed by atoms with Gasteiger partial charge in [-0.3, -0.25) is 19.2 Å². The number of carbonyl (C=O) groups is 4. The molecule has 1 saturated carbocycles. The highest BCUT2D eigenvalue weighted by molar-refractivity contribution is 6.02. The first-order chi connectivity index (χ1) is 16.8. The van der Waals surface area contributed by atoms with E-state index in [1.165, 1.54) is 0 Å². The number of methoxy groups -OCH3 is 1. The fourth-order valence-corrected chi connectivity index (χ4v) is 5.79. The normalized spacial score (nSPS) is 23.7. The second-order valence-corrected chi connectivity index (χ2v) is 10.1. The Morgan fingerprint density at radius 3 is 2.74 bits per heavy atom. The molecule has 1 spiro atoms. The number of primary amides is 1. The van der Waals surface area contributed by atoms with E-state index in [1.54, 1.807) is 18.1 Å². The van der Waals surface area contributed by atoms with E-state index in [4.69, 9.17) is 10.5 Å². The van der Waals surface area contributed by atoms with Crippen LogP contribution in [0.15, 0.2) is 24.3 Å². The van der Waals surface area contributed by atoms with Gasteiger partial charge in [0.15, 0.2) is 0 Å². The van der Waals surface area contributed by atoms with Gasteiger partial charge in [-0.05, 0) is 55.7 Å². The monoisotopic (exact) mass is 481 g/mol. The zero-order valence-corrected chi connectivity index (χ0v) is 19.8. The van der Waals surface area contributed by atoms with E-state index in [-0.39, 0.29) is 29.6 Å². The zero-order chi connectivity index (χ0) is 24.7. The molecule has 5 N–H and O–H groups in total. The van der Waals surface area contributed by atoms with Crippen molar-refractivity contribution in [3.05, 3.63) is 30.0 Å². The highest BCUT2D eigenvalue weighted by Gasteiger charge is 2.52. The average molecular weight is 482 g/mol. The molecule has 186 valence electrons. The summed E-state index contributed by atoms with van der Waals surface area (Å²) in [6.07, 6.45) is 4.29. The molecule has 1 aromatic carbocycles. The van der Waals surface area contributed by atoms with Crippen molar-refractivity contribution in [3.8, 4) is 5.75 Å². The predicted molar refractivity (Wildman–Crippen MR) is 127 cm³/mol. The zero-order valence-electron chi connectivity index (χ0n) is 19.8. The number of carbonyl (C=O) groups excluding carboxylic acids is 4. The molecule has 4 amide bonds. The lowest BCUT2D eigenvalue weighted by molar-refractivity contribution is -0.131. The summed E-state index contributed by atoms with van der Waals surface area (Å²) in [6, 6.07) is 5.61. The lowest BCUT2D eigenvalue weighted by atomic mass is 9.67. The number of hydrogen-bond acceptors (Lipinski definition) is 5. The molecule has 2 aromatic rings. The van der Waals surface area contributed by atoms with E-state index in [9.17, 15) is 19.2 Å². The molecule has 10 nitrogen and oxygen atoms in total. The number of likely N-dealkylation sites (tertiary alicyclic amines) is 1. The summed E-state index contributed by atoms with van der Waals surface area (Å²) in [5.41, 5.74) is 6.65. The second-order valence-electron chi connectivity index (χ2n) is 10.1. The van der Waals surface area contributed by atoms with Crippen LogP contribution in [-0.4, -0.2) is 65.8 Å². The summed E-state index contributed by atoms with van der Waals surface area (Å²) in [4.78, 5) is 55.9. The fraction of sp³-hybridized carbons (Fsp3) is 0.520. The van der Waals surface area contributed by atoms with Crippen LogP contribution in [0.25, 0.3) is 10.9 Å². The van der Waals surface area contributed by atoms with Crippen molar-refractivity contribution in [2.75, 3.05) is 20.2 Å². The van der Waals surface area contributed by atoms with Crippen molar-refractivity contribution >= 4 is 34.5 Å². The van der Waals surface area contributed by atoms with Gasteiger partial charge < -0.3 is 31.0 Å². The maximum atomic E-state index is 13.6. The standard InChI is InChI=1S/C25H31N5O5/c1-35-20-5-2-4-16-15(20)11-18(28-16)24(34)30-13-25(7-3-8-25)12-19(30)23(33)29-17(21(26)31)10-14-6-9-27-22(14)32/h2,4-5,11,14,17,19,28H,3,6-10,12-13H2,1H3,(H2,26,31)(H,27,32)(H,29,33)/t14-,17-,19-/m0/s1. The SMILES string of the molecule is COc1cccc2[nH]c(C(=O)N3CC4(CCC4)C[C@H]3C(=O)N[C@@H](C[C@@H]3CCNC3=O)C(N)=O)cc12. The van der Waals surface area contributed by atoms with E-state index in [0.29, 0.717) is 37.4 Å². The number of ether oxygens (including phenoxy) is 1. The molecule has 10 heteroatoms. The molecule has 5 rings (SSSR count). The third-order valence-electron chi connectivity index (χ3n) is 7.90. The average Bonchev–Trinajstić information content (AvgIpc) is 3.54. The van der Waals surface area contributed by atoms with Crippen molar-refractivity contribution < 1.29 is 23.9 Å². The number of aromatic amines is 1. The van der Waals surface area contributed by atoms with Gasteiger partial charge in [0.05, 0.1) is 7.11 Å². The lowest BCUT2D eigenvalue weighted by Gasteiger charge is -2.37. The number of fused-ring (bicyclic) bond motifs is 1. The maximum absolute atomic E-state index is 13.6. The van der Waals surface area contributed by atoms with Crippen molar-refractivity contribution in [1.82, 2.24) is 20.5 Å². The van der Waals surface area contributed by atoms with Crippen molar-refractivity contribution in [3.63, 3.8) is 0 Å². The largest absolute Gasteiger partial charge is 0.496 e. The number of benzene rings is 1. The van der Waals surface area contributed by atoms with Crippen LogP contribution in [0.3, 0.4) is 0 Å². The molecule has 35 heavy (non-hydrogen) atoms. The van der Waals surface area contributed by atoms with Gasteiger partial charge in [0, 0.05) is 29.9 Å². The topological polar surface area (TPSA) is 147 Å². The van der Waals surface area contributed by atoms with Crippen LogP contribution >= 0.6 is 0 Å². The number of amides is 4. The number of nitrogens with two attached hydrogens (primary N) is 1. The molecule has 1 aromatic heterocycles. The lowest BCUT2D eigenvalue weighted by Crippen LogP contribution is -2.53. The van der Waals surface area contributed by atoms with Crippen LogP contribution in [0.1, 0.15) is 49.0 Å². The molecule has 2 aliphatic heterocycles. The van der Waals surface area contributed by atoms with Crippen LogP contribution in [0, 0.1) is 11.3 Å². The number of H-pyrrole nitrogens is 1. The molecule has 2 saturated heterocycles. The smallest absolute Gasteiger partial charge is 0.271 e. The molecular formula is C25H31N5O5. The first kappa shape index (κ1) is 23.2. The van der Waals surface area contributed by atoms with Crippen molar-refractivity contribution in [2.24, 2.45) is 17.1 Å². The van der Waals surface area contributed by atoms with Crippen LogP contribution in [-0.2, 0) is 14.4 Å². The van der Waals surface area contributed by atoms with Gasteiger partial charge in [-0.25, -0.2) is 0 Å². The van der Waals surface area contributed by atoms with Gasteiger partial charge in [0.25, 0.3) is 5.91 Å². The summed E-state index contributed by atoms with van der Waals surface area (Å²) in [5.74, 6) is -1.20. The minimum absolute atomic E-state index is 0.0745. The predicted octanol–water partition coefficient (Wildman–Crippen LogP) is 1.06. The number of nitrogens with one attached hydrogen (secondary N) is 3. The Bertz CT molecular complexity index is 1190. The van der Waals surface area contributed by atoms with Gasteiger partial charge in [0.1, 0.15) is 23.5 Å². The third kappa shape index (κ3) is 4.21. The molecular weight excluding hydrogens is 450 g/mol. The quantitative estimate of drug-likeness (QED) is 0.467. The van der Waals surface area contributed by atoms with Crippen LogP contribution in [0.4, 0.5) is 0 Å². The van der Waals surface area contributed by atoms with Gasteiger partial charge >= 0.3 is 0 Å². The summed E-state index contributed by atoms with van der Waals surface area (Å²) in [7, 11) is 1.58. The van der Waals surface area contributed by atoms with Gasteiger partial charge in [-0.2, -0.15) is 0 Å². The third-order valence-corrected chi connectivity index (χ3v) is 7.90. The molecule has 3 heterocycles. The van der Waals surface area contributed by atoms with E-state index in [0.717, 1.165) is 30.2 Å². The Hall–Kier alpha value is -3.56. The van der Waals surface area contributed by atoms with E-state index < -0.39 is 23.9 Å². The minimum Gasteiger partial charge on any atom is -0.496 e. The summed E-state index contributed by atoms with van der Waals surface area (Å²) in [5, 5.41) is 6.29. The Balaban J connectivity index is 1.37.